The van der Waals surface area contributed by atoms with E-state index in [4.69, 9.17) is 14.2 Å². The van der Waals surface area contributed by atoms with Crippen LogP contribution in [0.25, 0.3) is 0 Å². The Balaban J connectivity index is 2.12. The van der Waals surface area contributed by atoms with Gasteiger partial charge < -0.3 is 14.2 Å². The lowest BCUT2D eigenvalue weighted by atomic mass is 10.1. The number of carbonyl (C=O) groups excluding carboxylic acids is 1. The van der Waals surface area contributed by atoms with Gasteiger partial charge in [-0.3, -0.25) is 14.9 Å². The normalized spacial score (nSPS) is 16.6. The summed E-state index contributed by atoms with van der Waals surface area (Å²) in [6, 6.07) is 4.34. The number of nitro benzene ring substituents is 1. The van der Waals surface area contributed by atoms with Crippen LogP contribution in [-0.4, -0.2) is 36.8 Å². The van der Waals surface area contributed by atoms with E-state index in [9.17, 15) is 14.9 Å². The Bertz CT molecular complexity index is 512. The van der Waals surface area contributed by atoms with E-state index in [1.54, 1.807) is 6.92 Å². The first kappa shape index (κ1) is 14.3. The summed E-state index contributed by atoms with van der Waals surface area (Å²) < 4.78 is 15.3. The lowest BCUT2D eigenvalue weighted by Crippen LogP contribution is -2.10. The molecule has 0 saturated carbocycles. The molecule has 0 aromatic heterocycles. The zero-order chi connectivity index (χ0) is 14.5. The number of ether oxygens (including phenoxy) is 3. The van der Waals surface area contributed by atoms with Crippen molar-refractivity contribution in [1.29, 1.82) is 0 Å². The van der Waals surface area contributed by atoms with Crippen LogP contribution < -0.4 is 4.74 Å². The fraction of sp³-hybridized carbons (Fsp3) is 0.462. The van der Waals surface area contributed by atoms with Crippen LogP contribution >= 0.6 is 0 Å². The van der Waals surface area contributed by atoms with Gasteiger partial charge in [-0.15, -0.1) is 0 Å². The molecule has 0 amide bonds. The topological polar surface area (TPSA) is 91.2 Å². The van der Waals surface area contributed by atoms with Crippen LogP contribution in [0.3, 0.4) is 0 Å². The van der Waals surface area contributed by atoms with Crippen LogP contribution in [0.5, 0.6) is 5.75 Å². The van der Waals surface area contributed by atoms with Gasteiger partial charge in [0, 0.05) is 11.6 Å². The van der Waals surface area contributed by atoms with E-state index in [1.165, 1.54) is 18.2 Å². The molecule has 1 aliphatic heterocycles. The maximum Gasteiger partial charge on any atom is 0.310 e. The number of hydrogen-bond acceptors (Lipinski definition) is 6. The summed E-state index contributed by atoms with van der Waals surface area (Å²) in [4.78, 5) is 21.9. The molecule has 1 heterocycles. The minimum atomic E-state index is -0.525. The number of esters is 1. The SMILES string of the molecule is CCOC(=O)Cc1cc(OCC2CO2)ccc1[N+](=O)[O-]. The third-order valence-electron chi connectivity index (χ3n) is 2.73. The molecule has 1 fully saturated rings. The standard InChI is InChI=1S/C13H15NO6/c1-2-18-13(15)6-9-5-10(19-7-11-8-20-11)3-4-12(9)14(16)17/h3-5,11H,2,6-8H2,1H3. The smallest absolute Gasteiger partial charge is 0.310 e. The van der Waals surface area contributed by atoms with Gasteiger partial charge >= 0.3 is 5.97 Å². The Labute approximate surface area is 115 Å². The summed E-state index contributed by atoms with van der Waals surface area (Å²) >= 11 is 0. The van der Waals surface area contributed by atoms with Gasteiger partial charge in [0.25, 0.3) is 5.69 Å². The molecule has 7 nitrogen and oxygen atoms in total. The number of carbonyl (C=O) groups is 1. The average molecular weight is 281 g/mol. The van der Waals surface area contributed by atoms with Crippen molar-refractivity contribution < 1.29 is 23.9 Å². The Kier molecular flexibility index (Phi) is 4.52. The molecule has 1 unspecified atom stereocenters. The van der Waals surface area contributed by atoms with E-state index >= 15 is 0 Å². The highest BCUT2D eigenvalue weighted by molar-refractivity contribution is 5.74. The van der Waals surface area contributed by atoms with Crippen LogP contribution in [-0.2, 0) is 20.7 Å². The molecule has 7 heteroatoms. The highest BCUT2D eigenvalue weighted by Crippen LogP contribution is 2.25. The first-order valence-electron chi connectivity index (χ1n) is 6.27. The van der Waals surface area contributed by atoms with Gasteiger partial charge in [0.2, 0.25) is 0 Å². The summed E-state index contributed by atoms with van der Waals surface area (Å²) in [7, 11) is 0. The van der Waals surface area contributed by atoms with E-state index in [0.717, 1.165) is 0 Å². The second-order valence-electron chi connectivity index (χ2n) is 4.30. The summed E-state index contributed by atoms with van der Waals surface area (Å²) in [5, 5.41) is 10.9. The molecule has 20 heavy (non-hydrogen) atoms. The molecule has 0 radical (unpaired) electrons. The highest BCUT2D eigenvalue weighted by Gasteiger charge is 2.24. The first-order chi connectivity index (χ1) is 9.60. The quantitative estimate of drug-likeness (QED) is 0.325. The van der Waals surface area contributed by atoms with E-state index in [0.29, 0.717) is 19.0 Å². The second-order valence-corrected chi connectivity index (χ2v) is 4.30. The molecule has 0 N–H and O–H groups in total. The summed E-state index contributed by atoms with van der Waals surface area (Å²) in [5.41, 5.74) is 0.163. The largest absolute Gasteiger partial charge is 0.491 e. The van der Waals surface area contributed by atoms with Crippen LogP contribution in [0.2, 0.25) is 0 Å². The number of nitrogens with zero attached hydrogens (tertiary/aromatic N) is 1. The van der Waals surface area contributed by atoms with Crippen LogP contribution in [0.1, 0.15) is 12.5 Å². The van der Waals surface area contributed by atoms with Gasteiger partial charge in [-0.2, -0.15) is 0 Å². The maximum absolute atomic E-state index is 11.5. The first-order valence-corrected chi connectivity index (χ1v) is 6.27. The van der Waals surface area contributed by atoms with Gasteiger partial charge in [-0.25, -0.2) is 0 Å². The van der Waals surface area contributed by atoms with E-state index < -0.39 is 10.9 Å². The lowest BCUT2D eigenvalue weighted by Gasteiger charge is -2.07. The van der Waals surface area contributed by atoms with Crippen molar-refractivity contribution in [3.8, 4) is 5.75 Å². The molecular weight excluding hydrogens is 266 g/mol. The highest BCUT2D eigenvalue weighted by atomic mass is 16.6. The predicted octanol–water partition coefficient (Wildman–Crippen LogP) is 1.48. The fourth-order valence-electron chi connectivity index (χ4n) is 1.69. The second kappa shape index (κ2) is 6.33. The summed E-state index contributed by atoms with van der Waals surface area (Å²) in [6.07, 6.45) is -0.0555. The fourth-order valence-corrected chi connectivity index (χ4v) is 1.69. The third-order valence-corrected chi connectivity index (χ3v) is 2.73. The van der Waals surface area contributed by atoms with Gasteiger partial charge in [-0.05, 0) is 19.1 Å². The number of hydrogen-bond donors (Lipinski definition) is 0. The van der Waals surface area contributed by atoms with Crippen LogP contribution in [0, 0.1) is 10.1 Å². The van der Waals surface area contributed by atoms with Crippen molar-refractivity contribution in [3.05, 3.63) is 33.9 Å². The van der Waals surface area contributed by atoms with Gasteiger partial charge in [0.1, 0.15) is 18.5 Å². The molecule has 0 bridgehead atoms. The van der Waals surface area contributed by atoms with Gasteiger partial charge in [0.15, 0.2) is 0 Å². The van der Waals surface area contributed by atoms with Crippen molar-refractivity contribution in [2.45, 2.75) is 19.4 Å². The minimum Gasteiger partial charge on any atom is -0.491 e. The molecule has 1 saturated heterocycles. The minimum absolute atomic E-state index is 0.0960. The lowest BCUT2D eigenvalue weighted by molar-refractivity contribution is -0.385. The zero-order valence-electron chi connectivity index (χ0n) is 11.0. The molecule has 1 aliphatic rings. The predicted molar refractivity (Wildman–Crippen MR) is 68.7 cm³/mol. The molecule has 0 spiro atoms. The Morgan fingerprint density at radius 3 is 2.90 bits per heavy atom. The van der Waals surface area contributed by atoms with Crippen molar-refractivity contribution >= 4 is 11.7 Å². The summed E-state index contributed by atoms with van der Waals surface area (Å²) in [5.74, 6) is -0.0244. The van der Waals surface area contributed by atoms with Crippen LogP contribution in [0.4, 0.5) is 5.69 Å². The van der Waals surface area contributed by atoms with Gasteiger partial charge in [0.05, 0.1) is 24.6 Å². The number of benzene rings is 1. The summed E-state index contributed by atoms with van der Waals surface area (Å²) in [6.45, 7) is 2.99. The molecule has 2 rings (SSSR count). The van der Waals surface area contributed by atoms with E-state index in [2.05, 4.69) is 0 Å². The number of epoxide rings is 1. The average Bonchev–Trinajstić information content (AvgIpc) is 3.20. The van der Waals surface area contributed by atoms with E-state index in [-0.39, 0.29) is 30.4 Å². The number of nitro groups is 1. The Hall–Kier alpha value is -2.15. The molecule has 1 atom stereocenters. The van der Waals surface area contributed by atoms with Gasteiger partial charge in [-0.1, -0.05) is 0 Å². The molecule has 0 aliphatic carbocycles. The maximum atomic E-state index is 11.5. The van der Waals surface area contributed by atoms with Crippen molar-refractivity contribution in [1.82, 2.24) is 0 Å². The molecule has 108 valence electrons. The third kappa shape index (κ3) is 3.92. The van der Waals surface area contributed by atoms with Crippen molar-refractivity contribution in [3.63, 3.8) is 0 Å². The monoisotopic (exact) mass is 281 g/mol. The van der Waals surface area contributed by atoms with Crippen LogP contribution in [0.15, 0.2) is 18.2 Å². The molecular formula is C13H15NO6. The molecule has 1 aromatic carbocycles. The van der Waals surface area contributed by atoms with Crippen molar-refractivity contribution in [2.24, 2.45) is 0 Å². The molecule has 1 aromatic rings. The van der Waals surface area contributed by atoms with E-state index in [1.807, 2.05) is 0 Å². The zero-order valence-corrected chi connectivity index (χ0v) is 11.0. The Morgan fingerprint density at radius 2 is 2.30 bits per heavy atom. The Morgan fingerprint density at radius 1 is 1.55 bits per heavy atom. The van der Waals surface area contributed by atoms with Crippen molar-refractivity contribution in [2.75, 3.05) is 19.8 Å². The number of rotatable bonds is 7.